The maximum atomic E-state index is 14.2. The Morgan fingerprint density at radius 3 is 2.28 bits per heavy atom. The number of hydrogen-bond donors (Lipinski definition) is 3. The van der Waals surface area contributed by atoms with Crippen molar-refractivity contribution in [2.75, 3.05) is 6.61 Å². The van der Waals surface area contributed by atoms with Crippen LogP contribution in [0.4, 0.5) is 4.39 Å². The number of aliphatic hydroxyl groups excluding tert-OH is 3. The van der Waals surface area contributed by atoms with Gasteiger partial charge in [-0.05, 0) is 24.1 Å². The summed E-state index contributed by atoms with van der Waals surface area (Å²) < 4.78 is 14.2. The molecule has 25 heavy (non-hydrogen) atoms. The zero-order valence-electron chi connectivity index (χ0n) is 13.6. The highest BCUT2D eigenvalue weighted by Crippen LogP contribution is 2.32. The molecule has 0 bridgehead atoms. The Bertz CT molecular complexity index is 695. The van der Waals surface area contributed by atoms with Crippen molar-refractivity contribution in [1.29, 1.82) is 0 Å². The molecule has 0 aliphatic carbocycles. The van der Waals surface area contributed by atoms with E-state index in [0.29, 0.717) is 12.0 Å². The highest BCUT2D eigenvalue weighted by molar-refractivity contribution is 6.31. The summed E-state index contributed by atoms with van der Waals surface area (Å²) in [6, 6.07) is 12.9. The molecular weight excluding hydrogens is 345 g/mol. The van der Waals surface area contributed by atoms with Gasteiger partial charge in [0.05, 0.1) is 24.9 Å². The minimum Gasteiger partial charge on any atom is -0.395 e. The first-order valence-electron chi connectivity index (χ1n) is 8.22. The molecule has 1 saturated heterocycles. The monoisotopic (exact) mass is 365 g/mol. The average Bonchev–Trinajstić information content (AvgIpc) is 2.83. The van der Waals surface area contributed by atoms with Gasteiger partial charge in [-0.1, -0.05) is 48.0 Å². The van der Waals surface area contributed by atoms with Crippen LogP contribution in [-0.2, 0) is 13.0 Å². The Balaban J connectivity index is 1.91. The second kappa shape index (κ2) is 7.81. The SMILES string of the molecule is OC[C@@H]1[C@@H](O)[C@@H](O)[C@H](Cc2ccccc2)N1Cc1c(F)cccc1Cl. The van der Waals surface area contributed by atoms with E-state index in [4.69, 9.17) is 11.6 Å². The summed E-state index contributed by atoms with van der Waals surface area (Å²) in [5.41, 5.74) is 1.28. The molecule has 6 heteroatoms. The van der Waals surface area contributed by atoms with Crippen LogP contribution in [0.15, 0.2) is 48.5 Å². The predicted octanol–water partition coefficient (Wildman–Crippen LogP) is 1.99. The number of aliphatic hydroxyl groups is 3. The molecule has 2 aromatic rings. The first-order chi connectivity index (χ1) is 12.0. The minimum absolute atomic E-state index is 0.0996. The van der Waals surface area contributed by atoms with Crippen molar-refractivity contribution in [2.45, 2.75) is 37.3 Å². The van der Waals surface area contributed by atoms with E-state index in [1.807, 2.05) is 30.3 Å². The standard InChI is InChI=1S/C19H21ClFNO3/c20-14-7-4-8-15(21)13(14)10-22-16(9-12-5-2-1-3-6-12)18(24)19(25)17(22)11-23/h1-8,16-19,23-25H,9-11H2/t16-,17+,18-,19+/m0/s1. The summed E-state index contributed by atoms with van der Waals surface area (Å²) >= 11 is 6.13. The van der Waals surface area contributed by atoms with Crippen molar-refractivity contribution in [3.05, 3.63) is 70.5 Å². The van der Waals surface area contributed by atoms with E-state index in [0.717, 1.165) is 5.56 Å². The Hall–Kier alpha value is -1.50. The number of rotatable bonds is 5. The summed E-state index contributed by atoms with van der Waals surface area (Å²) in [6.07, 6.45) is -1.67. The van der Waals surface area contributed by atoms with Crippen LogP contribution < -0.4 is 0 Å². The summed E-state index contributed by atoms with van der Waals surface area (Å²) in [5.74, 6) is -0.446. The quantitative estimate of drug-likeness (QED) is 0.758. The van der Waals surface area contributed by atoms with E-state index in [-0.39, 0.29) is 18.2 Å². The van der Waals surface area contributed by atoms with Crippen LogP contribution in [0.1, 0.15) is 11.1 Å². The van der Waals surface area contributed by atoms with Crippen molar-refractivity contribution >= 4 is 11.6 Å². The average molecular weight is 366 g/mol. The van der Waals surface area contributed by atoms with Crippen molar-refractivity contribution < 1.29 is 19.7 Å². The molecule has 0 amide bonds. The Morgan fingerprint density at radius 2 is 1.64 bits per heavy atom. The van der Waals surface area contributed by atoms with Crippen molar-refractivity contribution in [3.8, 4) is 0 Å². The molecule has 0 spiro atoms. The highest BCUT2D eigenvalue weighted by Gasteiger charge is 2.47. The van der Waals surface area contributed by atoms with Gasteiger partial charge >= 0.3 is 0 Å². The van der Waals surface area contributed by atoms with Crippen LogP contribution >= 0.6 is 11.6 Å². The largest absolute Gasteiger partial charge is 0.395 e. The van der Waals surface area contributed by atoms with Gasteiger partial charge in [0, 0.05) is 23.2 Å². The van der Waals surface area contributed by atoms with Crippen LogP contribution in [0.5, 0.6) is 0 Å². The maximum Gasteiger partial charge on any atom is 0.129 e. The molecule has 0 radical (unpaired) electrons. The molecule has 2 aromatic carbocycles. The molecule has 3 N–H and O–H groups in total. The van der Waals surface area contributed by atoms with Crippen molar-refractivity contribution in [2.24, 2.45) is 0 Å². The Kier molecular flexibility index (Phi) is 5.71. The van der Waals surface area contributed by atoms with Gasteiger partial charge in [0.1, 0.15) is 5.82 Å². The summed E-state index contributed by atoms with van der Waals surface area (Å²) in [7, 11) is 0. The number of likely N-dealkylation sites (tertiary alicyclic amines) is 1. The fourth-order valence-electron chi connectivity index (χ4n) is 3.50. The number of nitrogens with zero attached hydrogens (tertiary/aromatic N) is 1. The van der Waals surface area contributed by atoms with E-state index in [9.17, 15) is 19.7 Å². The van der Waals surface area contributed by atoms with Gasteiger partial charge in [0.2, 0.25) is 0 Å². The van der Waals surface area contributed by atoms with Gasteiger partial charge in [-0.3, -0.25) is 4.90 Å². The Morgan fingerprint density at radius 1 is 0.960 bits per heavy atom. The summed E-state index contributed by atoms with van der Waals surface area (Å²) in [4.78, 5) is 1.74. The molecule has 3 rings (SSSR count). The molecular formula is C19H21ClFNO3. The smallest absolute Gasteiger partial charge is 0.129 e. The van der Waals surface area contributed by atoms with E-state index in [1.54, 1.807) is 11.0 Å². The third-order valence-electron chi connectivity index (χ3n) is 4.87. The van der Waals surface area contributed by atoms with E-state index < -0.39 is 30.1 Å². The molecule has 0 saturated carbocycles. The molecule has 4 atom stereocenters. The molecule has 0 aromatic heterocycles. The zero-order valence-corrected chi connectivity index (χ0v) is 14.4. The first kappa shape index (κ1) is 18.3. The summed E-state index contributed by atoms with van der Waals surface area (Å²) in [6.45, 7) is -0.238. The topological polar surface area (TPSA) is 63.9 Å². The van der Waals surface area contributed by atoms with Gasteiger partial charge in [-0.25, -0.2) is 4.39 Å². The van der Waals surface area contributed by atoms with Gasteiger partial charge in [-0.15, -0.1) is 0 Å². The van der Waals surface area contributed by atoms with Gasteiger partial charge < -0.3 is 15.3 Å². The van der Waals surface area contributed by atoms with Crippen LogP contribution in [0.25, 0.3) is 0 Å². The van der Waals surface area contributed by atoms with Gasteiger partial charge in [0.15, 0.2) is 0 Å². The first-order valence-corrected chi connectivity index (χ1v) is 8.60. The maximum absolute atomic E-state index is 14.2. The number of halogens is 2. The normalized spacial score (nSPS) is 26.9. The molecule has 134 valence electrons. The van der Waals surface area contributed by atoms with Crippen LogP contribution in [0.3, 0.4) is 0 Å². The van der Waals surface area contributed by atoms with Gasteiger partial charge in [0.25, 0.3) is 0 Å². The predicted molar refractivity (Wildman–Crippen MR) is 93.8 cm³/mol. The molecule has 1 heterocycles. The molecule has 4 nitrogen and oxygen atoms in total. The molecule has 1 aliphatic rings. The van der Waals surface area contributed by atoms with Gasteiger partial charge in [-0.2, -0.15) is 0 Å². The summed E-state index contributed by atoms with van der Waals surface area (Å²) in [5, 5.41) is 30.8. The third-order valence-corrected chi connectivity index (χ3v) is 5.22. The van der Waals surface area contributed by atoms with E-state index in [2.05, 4.69) is 0 Å². The lowest BCUT2D eigenvalue weighted by Gasteiger charge is -2.30. The van der Waals surface area contributed by atoms with E-state index in [1.165, 1.54) is 12.1 Å². The van der Waals surface area contributed by atoms with Crippen LogP contribution in [0.2, 0.25) is 5.02 Å². The van der Waals surface area contributed by atoms with Crippen LogP contribution in [-0.4, -0.2) is 51.1 Å². The number of benzene rings is 2. The fourth-order valence-corrected chi connectivity index (χ4v) is 3.72. The fraction of sp³-hybridized carbons (Fsp3) is 0.368. The lowest BCUT2D eigenvalue weighted by atomic mass is 10.0. The lowest BCUT2D eigenvalue weighted by Crippen LogP contribution is -2.42. The third kappa shape index (κ3) is 3.71. The highest BCUT2D eigenvalue weighted by atomic mass is 35.5. The zero-order chi connectivity index (χ0) is 18.0. The van der Waals surface area contributed by atoms with E-state index >= 15 is 0 Å². The van der Waals surface area contributed by atoms with Crippen molar-refractivity contribution in [3.63, 3.8) is 0 Å². The van der Waals surface area contributed by atoms with Crippen molar-refractivity contribution in [1.82, 2.24) is 4.90 Å². The second-order valence-electron chi connectivity index (χ2n) is 6.36. The second-order valence-corrected chi connectivity index (χ2v) is 6.77. The number of hydrogen-bond acceptors (Lipinski definition) is 4. The Labute approximate surface area is 151 Å². The minimum atomic E-state index is -1.11. The van der Waals surface area contributed by atoms with Crippen LogP contribution in [0, 0.1) is 5.82 Å². The lowest BCUT2D eigenvalue weighted by molar-refractivity contribution is 0.0178. The molecule has 0 unspecified atom stereocenters. The molecule has 1 aliphatic heterocycles. The molecule has 1 fully saturated rings.